The molecule has 1 aromatic carbocycles. The van der Waals surface area contributed by atoms with Crippen molar-refractivity contribution in [3.8, 4) is 11.1 Å². The van der Waals surface area contributed by atoms with E-state index in [0.29, 0.717) is 19.8 Å². The van der Waals surface area contributed by atoms with Crippen molar-refractivity contribution < 1.29 is 9.53 Å². The van der Waals surface area contributed by atoms with Crippen LogP contribution in [-0.2, 0) is 9.53 Å². The van der Waals surface area contributed by atoms with Gasteiger partial charge in [-0.2, -0.15) is 5.10 Å². The fraction of sp³-hybridized carbons (Fsp3) is 0.333. The third-order valence-electron chi connectivity index (χ3n) is 4.91. The van der Waals surface area contributed by atoms with Gasteiger partial charge in [-0.15, -0.1) is 0 Å². The lowest BCUT2D eigenvalue weighted by molar-refractivity contribution is -0.121. The van der Waals surface area contributed by atoms with Crippen molar-refractivity contribution in [2.75, 3.05) is 25.1 Å². The van der Waals surface area contributed by atoms with Crippen molar-refractivity contribution in [1.29, 1.82) is 0 Å². The number of nitrogens with one attached hydrogen (secondary N) is 3. The molecule has 2 aromatic heterocycles. The van der Waals surface area contributed by atoms with E-state index in [4.69, 9.17) is 10.5 Å². The maximum atomic E-state index is 12.7. The molecule has 0 saturated carbocycles. The molecule has 1 unspecified atom stereocenters. The molecular formula is C18H21N5O2. The van der Waals surface area contributed by atoms with Gasteiger partial charge in [0.2, 0.25) is 5.91 Å². The fourth-order valence-corrected chi connectivity index (χ4v) is 3.50. The molecule has 3 aromatic rings. The summed E-state index contributed by atoms with van der Waals surface area (Å²) in [5.74, 6) is -0.0969. The number of aromatic nitrogens is 3. The minimum absolute atomic E-state index is 0.0510. The Kier molecular flexibility index (Phi) is 4.25. The van der Waals surface area contributed by atoms with Gasteiger partial charge in [-0.1, -0.05) is 12.1 Å². The second-order valence-corrected chi connectivity index (χ2v) is 6.37. The van der Waals surface area contributed by atoms with Crippen LogP contribution in [0, 0.1) is 11.8 Å². The van der Waals surface area contributed by atoms with Gasteiger partial charge in [-0.05, 0) is 18.4 Å². The summed E-state index contributed by atoms with van der Waals surface area (Å²) >= 11 is 0. The summed E-state index contributed by atoms with van der Waals surface area (Å²) in [6, 6.07) is 5.86. The minimum atomic E-state index is -0.235. The van der Waals surface area contributed by atoms with E-state index in [-0.39, 0.29) is 17.7 Å². The third kappa shape index (κ3) is 2.92. The number of para-hydroxylation sites is 1. The van der Waals surface area contributed by atoms with Gasteiger partial charge in [-0.3, -0.25) is 9.89 Å². The Morgan fingerprint density at radius 2 is 2.36 bits per heavy atom. The molecule has 2 atom stereocenters. The van der Waals surface area contributed by atoms with Crippen molar-refractivity contribution >= 4 is 22.5 Å². The number of nitrogens with zero attached hydrogens (tertiary/aromatic N) is 1. The number of carbonyl (C=O) groups excluding carboxylic acids is 1. The standard InChI is InChI=1S/C18H21N5O2/c19-6-14(11-4-5-25-10-11)18(24)23-16-3-1-2-13-15(9-20-17(13)16)12-7-21-22-8-12/h1-3,7-9,11,14,20H,4-6,10,19H2,(H,21,22)(H,23,24)/t11?,14-/m1/s1. The largest absolute Gasteiger partial charge is 0.381 e. The Labute approximate surface area is 144 Å². The SMILES string of the molecule is NC[C@@H](C(=O)Nc1cccc2c(-c3cn[nH]c3)c[nH]c12)C1CCOC1. The van der Waals surface area contributed by atoms with Gasteiger partial charge in [0.05, 0.1) is 29.9 Å². The number of anilines is 1. The quantitative estimate of drug-likeness (QED) is 0.571. The highest BCUT2D eigenvalue weighted by molar-refractivity contribution is 6.06. The maximum absolute atomic E-state index is 12.7. The van der Waals surface area contributed by atoms with Gasteiger partial charge < -0.3 is 20.8 Å². The Bertz CT molecular complexity index is 865. The number of fused-ring (bicyclic) bond motifs is 1. The van der Waals surface area contributed by atoms with Crippen LogP contribution in [0.3, 0.4) is 0 Å². The van der Waals surface area contributed by atoms with E-state index in [1.54, 1.807) is 6.20 Å². The minimum Gasteiger partial charge on any atom is -0.381 e. The number of aromatic amines is 2. The van der Waals surface area contributed by atoms with Crippen LogP contribution in [0.15, 0.2) is 36.8 Å². The Balaban J connectivity index is 1.62. The van der Waals surface area contributed by atoms with Crippen molar-refractivity contribution in [3.05, 3.63) is 36.8 Å². The topological polar surface area (TPSA) is 109 Å². The zero-order valence-corrected chi connectivity index (χ0v) is 13.8. The number of H-pyrrole nitrogens is 2. The molecule has 7 nitrogen and oxygen atoms in total. The average molecular weight is 339 g/mol. The number of ether oxygens (including phenoxy) is 1. The van der Waals surface area contributed by atoms with E-state index >= 15 is 0 Å². The molecule has 0 bridgehead atoms. The molecule has 1 aliphatic heterocycles. The molecule has 1 saturated heterocycles. The molecule has 25 heavy (non-hydrogen) atoms. The normalized spacial score (nSPS) is 18.5. The zero-order chi connectivity index (χ0) is 17.2. The molecule has 0 spiro atoms. The lowest BCUT2D eigenvalue weighted by Crippen LogP contribution is -2.35. The van der Waals surface area contributed by atoms with Crippen LogP contribution < -0.4 is 11.1 Å². The average Bonchev–Trinajstić information content (AvgIpc) is 3.37. The molecule has 130 valence electrons. The monoisotopic (exact) mass is 339 g/mol. The van der Waals surface area contributed by atoms with Crippen LogP contribution in [0.4, 0.5) is 5.69 Å². The van der Waals surface area contributed by atoms with Gasteiger partial charge in [0, 0.05) is 42.1 Å². The third-order valence-corrected chi connectivity index (χ3v) is 4.91. The predicted molar refractivity (Wildman–Crippen MR) is 96.0 cm³/mol. The molecule has 0 aliphatic carbocycles. The van der Waals surface area contributed by atoms with Crippen molar-refractivity contribution in [2.45, 2.75) is 6.42 Å². The summed E-state index contributed by atoms with van der Waals surface area (Å²) in [5, 5.41) is 10.9. The predicted octanol–water partition coefficient (Wildman–Crippen LogP) is 2.11. The van der Waals surface area contributed by atoms with Gasteiger partial charge in [0.1, 0.15) is 0 Å². The number of nitrogens with two attached hydrogens (primary N) is 1. The van der Waals surface area contributed by atoms with Gasteiger partial charge in [-0.25, -0.2) is 0 Å². The van der Waals surface area contributed by atoms with Crippen LogP contribution >= 0.6 is 0 Å². The number of carbonyl (C=O) groups is 1. The summed E-state index contributed by atoms with van der Waals surface area (Å²) in [6.07, 6.45) is 6.43. The maximum Gasteiger partial charge on any atom is 0.229 e. The van der Waals surface area contributed by atoms with E-state index < -0.39 is 0 Å². The number of amides is 1. The first-order chi connectivity index (χ1) is 12.3. The van der Waals surface area contributed by atoms with Gasteiger partial charge in [0.25, 0.3) is 0 Å². The summed E-state index contributed by atoms with van der Waals surface area (Å²) in [7, 11) is 0. The van der Waals surface area contributed by atoms with Crippen molar-refractivity contribution in [1.82, 2.24) is 15.2 Å². The molecule has 0 radical (unpaired) electrons. The lowest BCUT2D eigenvalue weighted by Gasteiger charge is -2.20. The molecule has 4 rings (SSSR count). The summed E-state index contributed by atoms with van der Waals surface area (Å²) in [4.78, 5) is 16.0. The van der Waals surface area contributed by atoms with Gasteiger partial charge >= 0.3 is 0 Å². The number of hydrogen-bond acceptors (Lipinski definition) is 4. The summed E-state index contributed by atoms with van der Waals surface area (Å²) in [5.41, 5.74) is 9.55. The van der Waals surface area contributed by atoms with Crippen LogP contribution in [0.1, 0.15) is 6.42 Å². The lowest BCUT2D eigenvalue weighted by atomic mass is 9.91. The van der Waals surface area contributed by atoms with Crippen molar-refractivity contribution in [3.63, 3.8) is 0 Å². The number of hydrogen-bond donors (Lipinski definition) is 4. The Morgan fingerprint density at radius 3 is 3.08 bits per heavy atom. The summed E-state index contributed by atoms with van der Waals surface area (Å²) < 4.78 is 5.40. The highest BCUT2D eigenvalue weighted by Gasteiger charge is 2.30. The molecule has 1 aliphatic rings. The molecule has 1 fully saturated rings. The van der Waals surface area contributed by atoms with Crippen LogP contribution in [0.25, 0.3) is 22.0 Å². The zero-order valence-electron chi connectivity index (χ0n) is 13.8. The van der Waals surface area contributed by atoms with E-state index in [1.165, 1.54) is 0 Å². The van der Waals surface area contributed by atoms with Crippen LogP contribution in [0.2, 0.25) is 0 Å². The summed E-state index contributed by atoms with van der Waals surface area (Å²) in [6.45, 7) is 1.63. The number of benzene rings is 1. The van der Waals surface area contributed by atoms with E-state index in [9.17, 15) is 4.79 Å². The Morgan fingerprint density at radius 1 is 1.44 bits per heavy atom. The first-order valence-electron chi connectivity index (χ1n) is 8.46. The first-order valence-corrected chi connectivity index (χ1v) is 8.46. The Hall–Kier alpha value is -2.64. The number of rotatable bonds is 5. The second kappa shape index (κ2) is 6.70. The van der Waals surface area contributed by atoms with E-state index in [2.05, 4.69) is 20.5 Å². The molecular weight excluding hydrogens is 318 g/mol. The fourth-order valence-electron chi connectivity index (χ4n) is 3.50. The van der Waals surface area contributed by atoms with Crippen LogP contribution in [0.5, 0.6) is 0 Å². The van der Waals surface area contributed by atoms with Crippen molar-refractivity contribution in [2.24, 2.45) is 17.6 Å². The second-order valence-electron chi connectivity index (χ2n) is 6.37. The van der Waals surface area contributed by atoms with Gasteiger partial charge in [0.15, 0.2) is 0 Å². The molecule has 3 heterocycles. The highest BCUT2D eigenvalue weighted by Crippen LogP contribution is 2.32. The first kappa shape index (κ1) is 15.9. The molecule has 7 heteroatoms. The molecule has 1 amide bonds. The van der Waals surface area contributed by atoms with Crippen LogP contribution in [-0.4, -0.2) is 40.8 Å². The smallest absolute Gasteiger partial charge is 0.229 e. The van der Waals surface area contributed by atoms with E-state index in [0.717, 1.165) is 34.1 Å². The highest BCUT2D eigenvalue weighted by atomic mass is 16.5. The van der Waals surface area contributed by atoms with E-state index in [1.807, 2.05) is 30.6 Å². The molecule has 5 N–H and O–H groups in total.